The zero-order chi connectivity index (χ0) is 12.3. The predicted octanol–water partition coefficient (Wildman–Crippen LogP) is 2.19. The van der Waals surface area contributed by atoms with Crippen molar-refractivity contribution in [1.29, 1.82) is 0 Å². The van der Waals surface area contributed by atoms with Gasteiger partial charge in [0.15, 0.2) is 5.76 Å². The van der Waals surface area contributed by atoms with Crippen molar-refractivity contribution in [3.05, 3.63) is 11.8 Å². The first-order chi connectivity index (χ1) is 6.63. The van der Waals surface area contributed by atoms with E-state index < -0.39 is 30.4 Å². The summed E-state index contributed by atoms with van der Waals surface area (Å²) in [5, 5.41) is 8.08. The van der Waals surface area contributed by atoms with Crippen LogP contribution in [0.1, 0.15) is 6.92 Å². The van der Waals surface area contributed by atoms with Crippen LogP contribution in [0.15, 0.2) is 11.8 Å². The molecule has 0 heterocycles. The number of hydrogen-bond acceptors (Lipinski definition) is 2. The molecule has 0 spiro atoms. The van der Waals surface area contributed by atoms with Crippen molar-refractivity contribution >= 4 is 5.97 Å². The highest BCUT2D eigenvalue weighted by Gasteiger charge is 2.61. The van der Waals surface area contributed by atoms with Crippen LogP contribution >= 0.6 is 0 Å². The molecule has 0 atom stereocenters. The molecule has 0 aliphatic heterocycles. The standard InChI is InChI=1S/C7H7F5O3/c1-2-15-4(3-5(13)14)6(8,9)7(10,11)12/h3H,2H2,1H3,(H,13,14)/b4-3-. The number of aliphatic carboxylic acids is 1. The monoisotopic (exact) mass is 234 g/mol. The summed E-state index contributed by atoms with van der Waals surface area (Å²) in [7, 11) is 0. The normalized spacial score (nSPS) is 13.9. The van der Waals surface area contributed by atoms with Crippen molar-refractivity contribution < 1.29 is 36.6 Å². The van der Waals surface area contributed by atoms with Gasteiger partial charge in [0, 0.05) is 0 Å². The second-order valence-electron chi connectivity index (χ2n) is 2.35. The van der Waals surface area contributed by atoms with Gasteiger partial charge in [0.2, 0.25) is 0 Å². The number of halogens is 5. The van der Waals surface area contributed by atoms with Crippen LogP contribution in [0, 0.1) is 0 Å². The van der Waals surface area contributed by atoms with E-state index >= 15 is 0 Å². The maximum absolute atomic E-state index is 12.6. The van der Waals surface area contributed by atoms with Crippen molar-refractivity contribution in [1.82, 2.24) is 0 Å². The van der Waals surface area contributed by atoms with Crippen LogP contribution in [0.4, 0.5) is 22.0 Å². The van der Waals surface area contributed by atoms with Crippen LogP contribution in [-0.4, -0.2) is 29.8 Å². The summed E-state index contributed by atoms with van der Waals surface area (Å²) in [6, 6.07) is 0. The fraction of sp³-hybridized carbons (Fsp3) is 0.571. The summed E-state index contributed by atoms with van der Waals surface area (Å²) in [4.78, 5) is 10.0. The average Bonchev–Trinajstić information content (AvgIpc) is 2.00. The SMILES string of the molecule is CCO/C(=C\C(=O)O)C(F)(F)C(F)(F)F. The fourth-order valence-corrected chi connectivity index (χ4v) is 0.630. The highest BCUT2D eigenvalue weighted by molar-refractivity contribution is 5.80. The highest BCUT2D eigenvalue weighted by atomic mass is 19.4. The molecular weight excluding hydrogens is 227 g/mol. The smallest absolute Gasteiger partial charge is 0.461 e. The lowest BCUT2D eigenvalue weighted by atomic mass is 10.2. The Balaban J connectivity index is 5.17. The Hall–Kier alpha value is -1.34. The lowest BCUT2D eigenvalue weighted by Crippen LogP contribution is -2.39. The number of allylic oxidation sites excluding steroid dienone is 1. The summed E-state index contributed by atoms with van der Waals surface area (Å²) in [5.41, 5.74) is 0. The molecule has 15 heavy (non-hydrogen) atoms. The van der Waals surface area contributed by atoms with E-state index in [1.54, 1.807) is 0 Å². The molecule has 88 valence electrons. The Morgan fingerprint density at radius 2 is 1.80 bits per heavy atom. The summed E-state index contributed by atoms with van der Waals surface area (Å²) in [5.74, 6) is -9.17. The van der Waals surface area contributed by atoms with E-state index in [9.17, 15) is 26.7 Å². The molecule has 0 bridgehead atoms. The second kappa shape index (κ2) is 4.45. The number of carboxylic acid groups (broad SMARTS) is 1. The minimum atomic E-state index is -5.89. The van der Waals surface area contributed by atoms with Crippen molar-refractivity contribution in [2.75, 3.05) is 6.61 Å². The molecule has 0 aromatic carbocycles. The third kappa shape index (κ3) is 3.37. The van der Waals surface area contributed by atoms with Gasteiger partial charge in [-0.05, 0) is 6.92 Å². The zero-order valence-electron chi connectivity index (χ0n) is 7.44. The van der Waals surface area contributed by atoms with Crippen LogP contribution < -0.4 is 0 Å². The molecule has 1 N–H and O–H groups in total. The van der Waals surface area contributed by atoms with E-state index in [0.717, 1.165) is 6.92 Å². The number of ether oxygens (including phenoxy) is 1. The molecule has 0 aliphatic carbocycles. The summed E-state index contributed by atoms with van der Waals surface area (Å²) in [6.45, 7) is 0.660. The zero-order valence-corrected chi connectivity index (χ0v) is 7.44. The van der Waals surface area contributed by atoms with Crippen molar-refractivity contribution in [3.8, 4) is 0 Å². The second-order valence-corrected chi connectivity index (χ2v) is 2.35. The van der Waals surface area contributed by atoms with E-state index in [1.807, 2.05) is 0 Å². The van der Waals surface area contributed by atoms with Gasteiger partial charge in [-0.1, -0.05) is 0 Å². The molecule has 0 fully saturated rings. The molecule has 0 unspecified atom stereocenters. The predicted molar refractivity (Wildman–Crippen MR) is 38.3 cm³/mol. The number of rotatable bonds is 4. The molecule has 0 aliphatic rings. The highest BCUT2D eigenvalue weighted by Crippen LogP contribution is 2.41. The lowest BCUT2D eigenvalue weighted by Gasteiger charge is -2.21. The first-order valence-electron chi connectivity index (χ1n) is 3.65. The first-order valence-corrected chi connectivity index (χ1v) is 3.65. The molecule has 0 saturated carbocycles. The summed E-state index contributed by atoms with van der Waals surface area (Å²) >= 11 is 0. The maximum Gasteiger partial charge on any atom is 0.461 e. The quantitative estimate of drug-likeness (QED) is 0.460. The summed E-state index contributed by atoms with van der Waals surface area (Å²) in [6.07, 6.45) is -6.19. The Bertz CT molecular complexity index is 268. The van der Waals surface area contributed by atoms with Crippen LogP contribution in [-0.2, 0) is 9.53 Å². The average molecular weight is 234 g/mol. The molecule has 0 rings (SSSR count). The van der Waals surface area contributed by atoms with Crippen LogP contribution in [0.5, 0.6) is 0 Å². The van der Waals surface area contributed by atoms with Crippen LogP contribution in [0.2, 0.25) is 0 Å². The van der Waals surface area contributed by atoms with Gasteiger partial charge in [-0.2, -0.15) is 22.0 Å². The topological polar surface area (TPSA) is 46.5 Å². The Morgan fingerprint density at radius 3 is 2.07 bits per heavy atom. The Morgan fingerprint density at radius 1 is 1.33 bits per heavy atom. The maximum atomic E-state index is 12.6. The van der Waals surface area contributed by atoms with E-state index in [1.165, 1.54) is 0 Å². The number of alkyl halides is 5. The number of carboxylic acids is 1. The van der Waals surface area contributed by atoms with Crippen LogP contribution in [0.3, 0.4) is 0 Å². The molecule has 8 heteroatoms. The molecule has 3 nitrogen and oxygen atoms in total. The first kappa shape index (κ1) is 13.7. The third-order valence-corrected chi connectivity index (χ3v) is 1.22. The van der Waals surface area contributed by atoms with E-state index in [2.05, 4.69) is 4.74 Å². The van der Waals surface area contributed by atoms with E-state index in [-0.39, 0.29) is 6.08 Å². The third-order valence-electron chi connectivity index (χ3n) is 1.22. The number of carbonyl (C=O) groups is 1. The largest absolute Gasteiger partial charge is 0.491 e. The fourth-order valence-electron chi connectivity index (χ4n) is 0.630. The van der Waals surface area contributed by atoms with Gasteiger partial charge < -0.3 is 9.84 Å². The molecule has 0 aromatic heterocycles. The van der Waals surface area contributed by atoms with Crippen molar-refractivity contribution in [3.63, 3.8) is 0 Å². The van der Waals surface area contributed by atoms with E-state index in [0.29, 0.717) is 0 Å². The van der Waals surface area contributed by atoms with Gasteiger partial charge in [0.05, 0.1) is 12.7 Å². The van der Waals surface area contributed by atoms with E-state index in [4.69, 9.17) is 5.11 Å². The van der Waals surface area contributed by atoms with Gasteiger partial charge >= 0.3 is 18.1 Å². The minimum absolute atomic E-state index is 0.309. The van der Waals surface area contributed by atoms with Crippen molar-refractivity contribution in [2.24, 2.45) is 0 Å². The number of hydrogen-bond donors (Lipinski definition) is 1. The minimum Gasteiger partial charge on any atom is -0.491 e. The van der Waals surface area contributed by atoms with Gasteiger partial charge in [-0.25, -0.2) is 4.79 Å². The molecule has 0 amide bonds. The lowest BCUT2D eigenvalue weighted by molar-refractivity contribution is -0.276. The van der Waals surface area contributed by atoms with Gasteiger partial charge in [0.1, 0.15) is 0 Å². The molecule has 0 radical (unpaired) electrons. The Labute approximate surface area is 81.1 Å². The summed E-state index contributed by atoms with van der Waals surface area (Å²) < 4.78 is 64.5. The van der Waals surface area contributed by atoms with Gasteiger partial charge in [-0.15, -0.1) is 0 Å². The van der Waals surface area contributed by atoms with Gasteiger partial charge in [-0.3, -0.25) is 0 Å². The Kier molecular flexibility index (Phi) is 4.06. The molecule has 0 saturated heterocycles. The molecule has 0 aromatic rings. The van der Waals surface area contributed by atoms with Crippen LogP contribution in [0.25, 0.3) is 0 Å². The van der Waals surface area contributed by atoms with Crippen molar-refractivity contribution in [2.45, 2.75) is 19.0 Å². The molecular formula is C7H7F5O3. The van der Waals surface area contributed by atoms with Gasteiger partial charge in [0.25, 0.3) is 0 Å².